The Bertz CT molecular complexity index is 1090. The summed E-state index contributed by atoms with van der Waals surface area (Å²) in [6, 6.07) is 0. The van der Waals surface area contributed by atoms with Crippen LogP contribution in [0.2, 0.25) is 0 Å². The summed E-state index contributed by atoms with van der Waals surface area (Å²) in [7, 11) is 0. The number of carbonyl (C=O) groups is 3. The maximum absolute atomic E-state index is 12.8. The molecule has 6 heteroatoms. The van der Waals surface area contributed by atoms with Crippen molar-refractivity contribution in [3.63, 3.8) is 0 Å². The molecule has 0 aromatic rings. The molecule has 0 aromatic carbocycles. The molecule has 70 heavy (non-hydrogen) atoms. The second-order valence-electron chi connectivity index (χ2n) is 21.7. The third-order valence-electron chi connectivity index (χ3n) is 14.5. The number of rotatable bonds is 59. The van der Waals surface area contributed by atoms with Gasteiger partial charge in [-0.1, -0.05) is 309 Å². The fraction of sp³-hybridized carbons (Fsp3) is 0.922. The minimum absolute atomic E-state index is 0.0630. The lowest BCUT2D eigenvalue weighted by atomic mass is 10.0. The Kier molecular flexibility index (Phi) is 58.1. The van der Waals surface area contributed by atoms with Gasteiger partial charge in [0, 0.05) is 19.3 Å². The monoisotopic (exact) mass is 987 g/mol. The first-order valence-corrected chi connectivity index (χ1v) is 31.7. The molecule has 0 aliphatic rings. The molecule has 0 rings (SSSR count). The van der Waals surface area contributed by atoms with E-state index in [9.17, 15) is 14.4 Å². The van der Waals surface area contributed by atoms with E-state index in [1.807, 2.05) is 0 Å². The van der Waals surface area contributed by atoms with Crippen molar-refractivity contribution in [2.45, 2.75) is 367 Å². The Balaban J connectivity index is 4.05. The van der Waals surface area contributed by atoms with Gasteiger partial charge in [0.15, 0.2) is 6.10 Å². The second kappa shape index (κ2) is 59.7. The van der Waals surface area contributed by atoms with Gasteiger partial charge in [0.05, 0.1) is 0 Å². The average molecular weight is 988 g/mol. The van der Waals surface area contributed by atoms with E-state index in [0.717, 1.165) is 57.8 Å². The van der Waals surface area contributed by atoms with Crippen LogP contribution < -0.4 is 0 Å². The smallest absolute Gasteiger partial charge is 0.306 e. The molecule has 0 aliphatic carbocycles. The zero-order valence-corrected chi connectivity index (χ0v) is 47.6. The van der Waals surface area contributed by atoms with Gasteiger partial charge in [-0.3, -0.25) is 14.4 Å². The molecular formula is C64H122O6. The molecule has 0 radical (unpaired) electrons. The van der Waals surface area contributed by atoms with Crippen LogP contribution in [0.5, 0.6) is 0 Å². The number of hydrogen-bond acceptors (Lipinski definition) is 6. The highest BCUT2D eigenvalue weighted by molar-refractivity contribution is 5.71. The molecule has 0 amide bonds. The van der Waals surface area contributed by atoms with E-state index in [4.69, 9.17) is 14.2 Å². The number of carbonyl (C=O) groups excluding carboxylic acids is 3. The van der Waals surface area contributed by atoms with Gasteiger partial charge in [-0.15, -0.1) is 0 Å². The van der Waals surface area contributed by atoms with Crippen LogP contribution in [-0.2, 0) is 28.6 Å². The molecule has 0 bridgehead atoms. The highest BCUT2D eigenvalue weighted by Crippen LogP contribution is 2.18. The maximum atomic E-state index is 12.8. The molecule has 0 spiro atoms. The largest absolute Gasteiger partial charge is 0.462 e. The van der Waals surface area contributed by atoms with E-state index in [-0.39, 0.29) is 31.1 Å². The maximum Gasteiger partial charge on any atom is 0.306 e. The molecule has 1 atom stereocenters. The number of unbranched alkanes of at least 4 members (excludes halogenated alkanes) is 46. The van der Waals surface area contributed by atoms with Gasteiger partial charge in [0.25, 0.3) is 0 Å². The zero-order valence-electron chi connectivity index (χ0n) is 47.6. The normalized spacial score (nSPS) is 12.0. The topological polar surface area (TPSA) is 78.9 Å². The molecule has 0 N–H and O–H groups in total. The van der Waals surface area contributed by atoms with E-state index < -0.39 is 6.10 Å². The van der Waals surface area contributed by atoms with Crippen molar-refractivity contribution in [3.05, 3.63) is 12.2 Å². The third-order valence-corrected chi connectivity index (χ3v) is 14.5. The van der Waals surface area contributed by atoms with Crippen molar-refractivity contribution in [3.8, 4) is 0 Å². The molecule has 0 heterocycles. The highest BCUT2D eigenvalue weighted by atomic mass is 16.6. The number of allylic oxidation sites excluding steroid dienone is 2. The average Bonchev–Trinajstić information content (AvgIpc) is 3.36. The predicted octanol–water partition coefficient (Wildman–Crippen LogP) is 21.3. The second-order valence-corrected chi connectivity index (χ2v) is 21.7. The highest BCUT2D eigenvalue weighted by Gasteiger charge is 2.19. The summed E-state index contributed by atoms with van der Waals surface area (Å²) >= 11 is 0. The van der Waals surface area contributed by atoms with Gasteiger partial charge in [-0.2, -0.15) is 0 Å². The van der Waals surface area contributed by atoms with Gasteiger partial charge in [-0.25, -0.2) is 0 Å². The van der Waals surface area contributed by atoms with Crippen molar-refractivity contribution in [1.82, 2.24) is 0 Å². The van der Waals surface area contributed by atoms with E-state index in [0.29, 0.717) is 19.3 Å². The van der Waals surface area contributed by atoms with Crippen LogP contribution in [0.4, 0.5) is 0 Å². The van der Waals surface area contributed by atoms with Crippen molar-refractivity contribution >= 4 is 17.9 Å². The van der Waals surface area contributed by atoms with Crippen LogP contribution >= 0.6 is 0 Å². The predicted molar refractivity (Wildman–Crippen MR) is 303 cm³/mol. The van der Waals surface area contributed by atoms with Crippen LogP contribution in [0.1, 0.15) is 361 Å². The number of ether oxygens (including phenoxy) is 3. The van der Waals surface area contributed by atoms with Crippen molar-refractivity contribution < 1.29 is 28.6 Å². The van der Waals surface area contributed by atoms with Crippen molar-refractivity contribution in [2.24, 2.45) is 0 Å². The van der Waals surface area contributed by atoms with Crippen LogP contribution in [0.15, 0.2) is 12.2 Å². The van der Waals surface area contributed by atoms with E-state index in [1.165, 1.54) is 263 Å². The molecular weight excluding hydrogens is 865 g/mol. The Morgan fingerprint density at radius 3 is 0.714 bits per heavy atom. The van der Waals surface area contributed by atoms with Crippen LogP contribution in [0.3, 0.4) is 0 Å². The summed E-state index contributed by atoms with van der Waals surface area (Å²) in [4.78, 5) is 38.1. The SMILES string of the molecule is CCCCCCCCCC/C=C\CCCCCCCCCCCCCCCCCCCC(=O)OCC(COC(=O)CCCCCCCCCCCCC)OC(=O)CCCCCCCCCCCCCC. The lowest BCUT2D eigenvalue weighted by Crippen LogP contribution is -2.30. The van der Waals surface area contributed by atoms with E-state index >= 15 is 0 Å². The van der Waals surface area contributed by atoms with E-state index in [2.05, 4.69) is 32.9 Å². The quantitative estimate of drug-likeness (QED) is 0.0261. The van der Waals surface area contributed by atoms with Crippen LogP contribution in [-0.4, -0.2) is 37.2 Å². The molecule has 1 unspecified atom stereocenters. The molecule has 0 fully saturated rings. The summed E-state index contributed by atoms with van der Waals surface area (Å²) in [5, 5.41) is 0. The van der Waals surface area contributed by atoms with Gasteiger partial charge in [0.1, 0.15) is 13.2 Å². The summed E-state index contributed by atoms with van der Waals surface area (Å²) in [5.74, 6) is -0.838. The number of esters is 3. The minimum atomic E-state index is -0.762. The van der Waals surface area contributed by atoms with Crippen molar-refractivity contribution in [2.75, 3.05) is 13.2 Å². The molecule has 0 saturated carbocycles. The first kappa shape index (κ1) is 68.2. The summed E-state index contributed by atoms with van der Waals surface area (Å²) in [6.45, 7) is 6.69. The molecule has 0 saturated heterocycles. The molecule has 414 valence electrons. The van der Waals surface area contributed by atoms with Crippen LogP contribution in [0, 0.1) is 0 Å². The Morgan fingerprint density at radius 1 is 0.271 bits per heavy atom. The fourth-order valence-electron chi connectivity index (χ4n) is 9.74. The number of hydrogen-bond donors (Lipinski definition) is 0. The molecule has 6 nitrogen and oxygen atoms in total. The van der Waals surface area contributed by atoms with Gasteiger partial charge in [0.2, 0.25) is 0 Å². The summed E-state index contributed by atoms with van der Waals surface area (Å²) < 4.78 is 16.9. The summed E-state index contributed by atoms with van der Waals surface area (Å²) in [6.07, 6.45) is 69.5. The molecule has 0 aliphatic heterocycles. The van der Waals surface area contributed by atoms with Crippen LogP contribution in [0.25, 0.3) is 0 Å². The fourth-order valence-corrected chi connectivity index (χ4v) is 9.74. The minimum Gasteiger partial charge on any atom is -0.462 e. The Labute approximate surface area is 437 Å². The van der Waals surface area contributed by atoms with Gasteiger partial charge < -0.3 is 14.2 Å². The summed E-state index contributed by atoms with van der Waals surface area (Å²) in [5.41, 5.74) is 0. The lowest BCUT2D eigenvalue weighted by molar-refractivity contribution is -0.167. The molecule has 0 aromatic heterocycles. The van der Waals surface area contributed by atoms with Gasteiger partial charge in [-0.05, 0) is 44.9 Å². The first-order valence-electron chi connectivity index (χ1n) is 31.7. The first-order chi connectivity index (χ1) is 34.5. The van der Waals surface area contributed by atoms with E-state index in [1.54, 1.807) is 0 Å². The lowest BCUT2D eigenvalue weighted by Gasteiger charge is -2.18. The Hall–Kier alpha value is -1.85. The Morgan fingerprint density at radius 2 is 0.471 bits per heavy atom. The van der Waals surface area contributed by atoms with Crippen molar-refractivity contribution in [1.29, 1.82) is 0 Å². The third kappa shape index (κ3) is 57.1. The van der Waals surface area contributed by atoms with Gasteiger partial charge >= 0.3 is 17.9 Å². The zero-order chi connectivity index (χ0) is 50.7. The standard InChI is InChI=1S/C64H122O6/c1-4-7-10-13-16-19-22-24-25-26-27-28-29-30-31-32-33-34-35-36-37-38-39-40-43-45-48-51-54-57-63(66)69-60-61(59-68-62(65)56-53-50-47-44-41-21-18-15-12-9-6-3)70-64(67)58-55-52-49-46-42-23-20-17-14-11-8-5-2/h26-27,61H,4-25,28-60H2,1-3H3/b27-26-.